The third-order valence-electron chi connectivity index (χ3n) is 7.50. The van der Waals surface area contributed by atoms with E-state index in [1.165, 1.54) is 16.5 Å². The van der Waals surface area contributed by atoms with Gasteiger partial charge >= 0.3 is 0 Å². The van der Waals surface area contributed by atoms with Gasteiger partial charge < -0.3 is 4.42 Å². The molecule has 0 aliphatic carbocycles. The molecule has 0 saturated carbocycles. The highest BCUT2D eigenvalue weighted by molar-refractivity contribution is 6.11. The van der Waals surface area contributed by atoms with Crippen LogP contribution in [0.25, 0.3) is 78.0 Å². The molecule has 8 rings (SSSR count). The molecular formula is C37H23N3O. The maximum Gasteiger partial charge on any atom is 0.164 e. The average molecular weight is 526 g/mol. The minimum atomic E-state index is 0.609. The van der Waals surface area contributed by atoms with Crippen molar-refractivity contribution in [3.63, 3.8) is 0 Å². The molecule has 0 spiro atoms. The molecule has 0 fully saturated rings. The molecular weight excluding hydrogens is 502 g/mol. The number of aromatic nitrogens is 3. The summed E-state index contributed by atoms with van der Waals surface area (Å²) in [7, 11) is 0. The van der Waals surface area contributed by atoms with Crippen LogP contribution in [0.5, 0.6) is 0 Å². The highest BCUT2D eigenvalue weighted by atomic mass is 16.3. The number of fused-ring (bicyclic) bond motifs is 4. The minimum Gasteiger partial charge on any atom is -0.456 e. The van der Waals surface area contributed by atoms with Crippen molar-refractivity contribution in [2.45, 2.75) is 0 Å². The van der Waals surface area contributed by atoms with Gasteiger partial charge in [0, 0.05) is 27.5 Å². The van der Waals surface area contributed by atoms with Gasteiger partial charge in [0.25, 0.3) is 0 Å². The first-order chi connectivity index (χ1) is 20.3. The van der Waals surface area contributed by atoms with Crippen LogP contribution in [0.4, 0.5) is 0 Å². The Morgan fingerprint density at radius 2 is 0.878 bits per heavy atom. The zero-order valence-corrected chi connectivity index (χ0v) is 22.0. The number of benzene rings is 6. The van der Waals surface area contributed by atoms with Crippen molar-refractivity contribution in [2.75, 3.05) is 0 Å². The van der Waals surface area contributed by atoms with Gasteiger partial charge in [-0.1, -0.05) is 109 Å². The maximum absolute atomic E-state index is 6.40. The summed E-state index contributed by atoms with van der Waals surface area (Å²) in [5, 5.41) is 4.49. The van der Waals surface area contributed by atoms with Crippen molar-refractivity contribution in [3.8, 4) is 45.3 Å². The lowest BCUT2D eigenvalue weighted by Gasteiger charge is -2.08. The normalized spacial score (nSPS) is 11.4. The Labute approximate surface area is 236 Å². The van der Waals surface area contributed by atoms with E-state index in [0.29, 0.717) is 17.5 Å². The summed E-state index contributed by atoms with van der Waals surface area (Å²) >= 11 is 0. The zero-order chi connectivity index (χ0) is 27.2. The van der Waals surface area contributed by atoms with E-state index in [0.717, 1.165) is 44.0 Å². The van der Waals surface area contributed by atoms with E-state index >= 15 is 0 Å². The van der Waals surface area contributed by atoms with Crippen molar-refractivity contribution in [1.82, 2.24) is 15.0 Å². The standard InChI is InChI=1S/C37H23N3O/c1-4-10-24(11-5-1)27-16-17-28-22-34-32(21-30(28)20-27)31-19-18-29(23-33(31)41-34)37-39-35(25-12-6-2-7-13-25)38-36(40-37)26-14-8-3-9-15-26/h1-23H. The lowest BCUT2D eigenvalue weighted by Crippen LogP contribution is -2.00. The molecule has 4 heteroatoms. The monoisotopic (exact) mass is 525 g/mol. The summed E-state index contributed by atoms with van der Waals surface area (Å²) in [6, 6.07) is 47.6. The fourth-order valence-corrected chi connectivity index (χ4v) is 5.41. The van der Waals surface area contributed by atoms with Crippen LogP contribution in [0.2, 0.25) is 0 Å². The van der Waals surface area contributed by atoms with Crippen LogP contribution in [-0.4, -0.2) is 15.0 Å². The average Bonchev–Trinajstić information content (AvgIpc) is 3.41. The molecule has 0 radical (unpaired) electrons. The van der Waals surface area contributed by atoms with Crippen LogP contribution in [0.15, 0.2) is 144 Å². The summed E-state index contributed by atoms with van der Waals surface area (Å²) in [5.74, 6) is 1.89. The minimum absolute atomic E-state index is 0.609. The van der Waals surface area contributed by atoms with Gasteiger partial charge in [-0.05, 0) is 52.2 Å². The fourth-order valence-electron chi connectivity index (χ4n) is 5.41. The molecule has 0 aliphatic heterocycles. The van der Waals surface area contributed by atoms with Gasteiger partial charge in [-0.25, -0.2) is 15.0 Å². The van der Waals surface area contributed by atoms with E-state index in [9.17, 15) is 0 Å². The third kappa shape index (κ3) is 4.23. The second-order valence-corrected chi connectivity index (χ2v) is 10.1. The first kappa shape index (κ1) is 23.3. The van der Waals surface area contributed by atoms with E-state index in [4.69, 9.17) is 19.4 Å². The van der Waals surface area contributed by atoms with E-state index in [1.54, 1.807) is 0 Å². The molecule has 192 valence electrons. The first-order valence-electron chi connectivity index (χ1n) is 13.6. The Morgan fingerprint density at radius 1 is 0.341 bits per heavy atom. The number of hydrogen-bond acceptors (Lipinski definition) is 4. The van der Waals surface area contributed by atoms with Gasteiger partial charge in [0.1, 0.15) is 11.2 Å². The SMILES string of the molecule is c1ccc(-c2ccc3cc4oc5cc(-c6nc(-c7ccccc7)nc(-c7ccccc7)n6)ccc5c4cc3c2)cc1. The predicted octanol–water partition coefficient (Wildman–Crippen LogP) is 9.59. The first-order valence-corrected chi connectivity index (χ1v) is 13.6. The quantitative estimate of drug-likeness (QED) is 0.230. The van der Waals surface area contributed by atoms with Crippen LogP contribution < -0.4 is 0 Å². The molecule has 2 aromatic heterocycles. The highest BCUT2D eigenvalue weighted by Gasteiger charge is 2.15. The van der Waals surface area contributed by atoms with Gasteiger partial charge in [-0.2, -0.15) is 0 Å². The molecule has 41 heavy (non-hydrogen) atoms. The molecule has 0 amide bonds. The number of furan rings is 1. The van der Waals surface area contributed by atoms with E-state index in [2.05, 4.69) is 66.7 Å². The van der Waals surface area contributed by atoms with Crippen LogP contribution in [0.3, 0.4) is 0 Å². The second-order valence-electron chi connectivity index (χ2n) is 10.1. The van der Waals surface area contributed by atoms with Crippen LogP contribution in [-0.2, 0) is 0 Å². The van der Waals surface area contributed by atoms with Gasteiger partial charge in [0.15, 0.2) is 17.5 Å². The molecule has 4 nitrogen and oxygen atoms in total. The van der Waals surface area contributed by atoms with Crippen molar-refractivity contribution >= 4 is 32.7 Å². The third-order valence-corrected chi connectivity index (χ3v) is 7.50. The summed E-state index contributed by atoms with van der Waals surface area (Å²) < 4.78 is 6.40. The van der Waals surface area contributed by atoms with E-state index in [1.807, 2.05) is 72.8 Å². The van der Waals surface area contributed by atoms with Crippen LogP contribution in [0.1, 0.15) is 0 Å². The Hall–Kier alpha value is -5.61. The molecule has 0 atom stereocenters. The predicted molar refractivity (Wildman–Crippen MR) is 166 cm³/mol. The molecule has 0 bridgehead atoms. The van der Waals surface area contributed by atoms with Crippen LogP contribution in [0, 0.1) is 0 Å². The van der Waals surface area contributed by atoms with Crippen molar-refractivity contribution in [1.29, 1.82) is 0 Å². The Morgan fingerprint density at radius 3 is 1.51 bits per heavy atom. The molecule has 8 aromatic rings. The Bertz CT molecular complexity index is 2130. The molecule has 0 aliphatic rings. The van der Waals surface area contributed by atoms with Crippen molar-refractivity contribution < 1.29 is 4.42 Å². The smallest absolute Gasteiger partial charge is 0.164 e. The summed E-state index contributed by atoms with van der Waals surface area (Å²) in [6.07, 6.45) is 0. The van der Waals surface area contributed by atoms with Gasteiger partial charge in [0.05, 0.1) is 0 Å². The topological polar surface area (TPSA) is 51.8 Å². The zero-order valence-electron chi connectivity index (χ0n) is 22.0. The molecule has 2 heterocycles. The number of hydrogen-bond donors (Lipinski definition) is 0. The largest absolute Gasteiger partial charge is 0.456 e. The summed E-state index contributed by atoms with van der Waals surface area (Å²) in [6.45, 7) is 0. The van der Waals surface area contributed by atoms with Gasteiger partial charge in [-0.15, -0.1) is 0 Å². The molecule has 0 unspecified atom stereocenters. The van der Waals surface area contributed by atoms with E-state index in [-0.39, 0.29) is 0 Å². The Kier molecular flexibility index (Phi) is 5.42. The van der Waals surface area contributed by atoms with Gasteiger partial charge in [0.2, 0.25) is 0 Å². The fraction of sp³-hybridized carbons (Fsp3) is 0. The summed E-state index contributed by atoms with van der Waals surface area (Å²) in [4.78, 5) is 14.6. The van der Waals surface area contributed by atoms with Crippen molar-refractivity contribution in [2.24, 2.45) is 0 Å². The molecule has 0 saturated heterocycles. The summed E-state index contributed by atoms with van der Waals surface area (Å²) in [5.41, 5.74) is 6.84. The van der Waals surface area contributed by atoms with E-state index < -0.39 is 0 Å². The lowest BCUT2D eigenvalue weighted by molar-refractivity contribution is 0.669. The number of nitrogens with zero attached hydrogens (tertiary/aromatic N) is 3. The van der Waals surface area contributed by atoms with Crippen LogP contribution >= 0.6 is 0 Å². The van der Waals surface area contributed by atoms with Gasteiger partial charge in [-0.3, -0.25) is 0 Å². The highest BCUT2D eigenvalue weighted by Crippen LogP contribution is 2.36. The second kappa shape index (κ2) is 9.54. The lowest BCUT2D eigenvalue weighted by atomic mass is 9.99. The number of rotatable bonds is 4. The molecule has 6 aromatic carbocycles. The van der Waals surface area contributed by atoms with Crippen molar-refractivity contribution in [3.05, 3.63) is 140 Å². The maximum atomic E-state index is 6.40. The Balaban J connectivity index is 1.27. The molecule has 0 N–H and O–H groups in total.